The highest BCUT2D eigenvalue weighted by molar-refractivity contribution is 5.88. The summed E-state index contributed by atoms with van der Waals surface area (Å²) in [5.74, 6) is 1.62. The van der Waals surface area contributed by atoms with Gasteiger partial charge in [0.05, 0.1) is 5.41 Å². The molecule has 0 aromatic heterocycles. The second-order valence-electron chi connectivity index (χ2n) is 9.29. The fraction of sp³-hybridized carbons (Fsp3) is 0.667. The molecule has 1 aromatic carbocycles. The predicted molar refractivity (Wildman–Crippen MR) is 111 cm³/mol. The number of hydrogen-bond acceptors (Lipinski definition) is 2. The molecule has 4 rings (SSSR count). The third kappa shape index (κ3) is 4.11. The van der Waals surface area contributed by atoms with E-state index < -0.39 is 0 Å². The van der Waals surface area contributed by atoms with E-state index in [1.165, 1.54) is 18.4 Å². The van der Waals surface area contributed by atoms with Crippen LogP contribution in [0.3, 0.4) is 0 Å². The lowest BCUT2D eigenvalue weighted by Gasteiger charge is -2.38. The zero-order chi connectivity index (χ0) is 19.6. The molecule has 4 heteroatoms. The van der Waals surface area contributed by atoms with Gasteiger partial charge < -0.3 is 10.2 Å². The summed E-state index contributed by atoms with van der Waals surface area (Å²) in [7, 11) is 0. The minimum absolute atomic E-state index is 0.195. The second kappa shape index (κ2) is 8.26. The van der Waals surface area contributed by atoms with Crippen molar-refractivity contribution in [3.63, 3.8) is 0 Å². The van der Waals surface area contributed by atoms with Gasteiger partial charge in [-0.05, 0) is 62.8 Å². The Hall–Kier alpha value is -1.84. The summed E-state index contributed by atoms with van der Waals surface area (Å²) >= 11 is 0. The van der Waals surface area contributed by atoms with Gasteiger partial charge >= 0.3 is 0 Å². The average molecular weight is 383 g/mol. The van der Waals surface area contributed by atoms with Crippen molar-refractivity contribution in [3.05, 3.63) is 35.9 Å². The summed E-state index contributed by atoms with van der Waals surface area (Å²) in [4.78, 5) is 27.9. The third-order valence-corrected chi connectivity index (χ3v) is 7.29. The molecule has 1 aliphatic heterocycles. The highest BCUT2D eigenvalue weighted by atomic mass is 16.2. The van der Waals surface area contributed by atoms with Gasteiger partial charge in [0.2, 0.25) is 11.8 Å². The van der Waals surface area contributed by atoms with Gasteiger partial charge in [-0.15, -0.1) is 0 Å². The van der Waals surface area contributed by atoms with E-state index in [0.29, 0.717) is 30.2 Å². The summed E-state index contributed by atoms with van der Waals surface area (Å²) in [5, 5.41) is 3.18. The maximum absolute atomic E-state index is 13.5. The number of hydrogen-bond donors (Lipinski definition) is 1. The highest BCUT2D eigenvalue weighted by Crippen LogP contribution is 2.43. The van der Waals surface area contributed by atoms with Gasteiger partial charge in [-0.1, -0.05) is 43.2 Å². The number of carbonyl (C=O) groups is 2. The Morgan fingerprint density at radius 2 is 1.71 bits per heavy atom. The molecule has 28 heavy (non-hydrogen) atoms. The first-order chi connectivity index (χ1) is 13.6. The van der Waals surface area contributed by atoms with Crippen LogP contribution in [0.15, 0.2) is 30.3 Å². The van der Waals surface area contributed by atoms with Crippen molar-refractivity contribution < 1.29 is 9.59 Å². The molecular weight excluding hydrogens is 348 g/mol. The summed E-state index contributed by atoms with van der Waals surface area (Å²) < 4.78 is 0. The monoisotopic (exact) mass is 382 g/mol. The molecule has 0 spiro atoms. The van der Waals surface area contributed by atoms with E-state index in [1.54, 1.807) is 0 Å². The molecule has 0 unspecified atom stereocenters. The first-order valence-corrected chi connectivity index (χ1v) is 11.2. The first kappa shape index (κ1) is 19.5. The van der Waals surface area contributed by atoms with Gasteiger partial charge in [0.15, 0.2) is 0 Å². The lowest BCUT2D eigenvalue weighted by atomic mass is 9.77. The third-order valence-electron chi connectivity index (χ3n) is 7.29. The maximum atomic E-state index is 13.5. The number of piperidine rings is 1. The molecule has 4 nitrogen and oxygen atoms in total. The Balaban J connectivity index is 1.32. The number of likely N-dealkylation sites (tertiary alicyclic amines) is 1. The topological polar surface area (TPSA) is 49.4 Å². The first-order valence-electron chi connectivity index (χ1n) is 11.2. The van der Waals surface area contributed by atoms with Crippen molar-refractivity contribution in [1.29, 1.82) is 0 Å². The SMILES string of the molecule is C[C@H](NC(=O)CC1CCN(C(=O)C2(c3ccccc3)CCCC2)CC1)C1CC1. The Labute approximate surface area is 169 Å². The van der Waals surface area contributed by atoms with E-state index >= 15 is 0 Å². The van der Waals surface area contributed by atoms with Crippen molar-refractivity contribution in [2.45, 2.75) is 76.2 Å². The molecular formula is C24H34N2O2. The summed E-state index contributed by atoms with van der Waals surface area (Å²) in [5.41, 5.74) is 0.874. The molecule has 2 amide bonds. The molecule has 1 N–H and O–H groups in total. The van der Waals surface area contributed by atoms with E-state index in [4.69, 9.17) is 0 Å². The van der Waals surface area contributed by atoms with Crippen LogP contribution in [0.4, 0.5) is 0 Å². The summed E-state index contributed by atoms with van der Waals surface area (Å²) in [6, 6.07) is 10.7. The van der Waals surface area contributed by atoms with E-state index in [1.807, 2.05) is 6.07 Å². The zero-order valence-electron chi connectivity index (χ0n) is 17.2. The van der Waals surface area contributed by atoms with Crippen molar-refractivity contribution in [1.82, 2.24) is 10.2 Å². The van der Waals surface area contributed by atoms with Gasteiger partial charge in [0.25, 0.3) is 0 Å². The normalized spacial score (nSPS) is 23.4. The van der Waals surface area contributed by atoms with Gasteiger partial charge in [-0.2, -0.15) is 0 Å². The van der Waals surface area contributed by atoms with Crippen LogP contribution < -0.4 is 5.32 Å². The van der Waals surface area contributed by atoms with Crippen LogP contribution in [-0.2, 0) is 15.0 Å². The lowest BCUT2D eigenvalue weighted by Crippen LogP contribution is -2.49. The molecule has 3 fully saturated rings. The lowest BCUT2D eigenvalue weighted by molar-refractivity contribution is -0.139. The Kier molecular flexibility index (Phi) is 5.75. The summed E-state index contributed by atoms with van der Waals surface area (Å²) in [6.45, 7) is 3.72. The number of carbonyl (C=O) groups excluding carboxylic acids is 2. The van der Waals surface area contributed by atoms with Crippen LogP contribution in [0, 0.1) is 11.8 Å². The number of benzene rings is 1. The number of nitrogens with one attached hydrogen (secondary N) is 1. The maximum Gasteiger partial charge on any atom is 0.233 e. The zero-order valence-corrected chi connectivity index (χ0v) is 17.2. The Morgan fingerprint density at radius 1 is 1.07 bits per heavy atom. The standard InChI is InChI=1S/C24H34N2O2/c1-18(20-9-10-20)25-22(27)17-19-11-15-26(16-12-19)23(28)24(13-5-6-14-24)21-7-3-2-4-8-21/h2-4,7-8,18-20H,5-6,9-17H2,1H3,(H,25,27)/t18-/m0/s1. The quantitative estimate of drug-likeness (QED) is 0.807. The van der Waals surface area contributed by atoms with E-state index in [9.17, 15) is 9.59 Å². The molecule has 1 aromatic rings. The smallest absolute Gasteiger partial charge is 0.233 e. The van der Waals surface area contributed by atoms with Crippen molar-refractivity contribution in [2.75, 3.05) is 13.1 Å². The Bertz CT molecular complexity index is 684. The molecule has 3 aliphatic rings. The van der Waals surface area contributed by atoms with Crippen molar-refractivity contribution in [2.24, 2.45) is 11.8 Å². The van der Waals surface area contributed by atoms with Crippen molar-refractivity contribution in [3.8, 4) is 0 Å². The number of rotatable bonds is 6. The van der Waals surface area contributed by atoms with Gasteiger partial charge in [-0.25, -0.2) is 0 Å². The molecule has 0 bridgehead atoms. The van der Waals surface area contributed by atoms with Gasteiger partial charge in [0.1, 0.15) is 0 Å². The molecule has 1 atom stereocenters. The average Bonchev–Trinajstić information content (AvgIpc) is 3.46. The van der Waals surface area contributed by atoms with E-state index in [0.717, 1.165) is 51.6 Å². The number of amides is 2. The molecule has 152 valence electrons. The number of nitrogens with zero attached hydrogens (tertiary/aromatic N) is 1. The molecule has 2 aliphatic carbocycles. The van der Waals surface area contributed by atoms with Crippen LogP contribution in [0.5, 0.6) is 0 Å². The van der Waals surface area contributed by atoms with Crippen molar-refractivity contribution >= 4 is 11.8 Å². The molecule has 0 radical (unpaired) electrons. The second-order valence-corrected chi connectivity index (χ2v) is 9.29. The predicted octanol–water partition coefficient (Wildman–Crippen LogP) is 4.04. The fourth-order valence-corrected chi connectivity index (χ4v) is 5.29. The minimum Gasteiger partial charge on any atom is -0.353 e. The largest absolute Gasteiger partial charge is 0.353 e. The Morgan fingerprint density at radius 3 is 2.32 bits per heavy atom. The van der Waals surface area contributed by atoms with Crippen LogP contribution >= 0.6 is 0 Å². The molecule has 1 heterocycles. The molecule has 2 saturated carbocycles. The van der Waals surface area contributed by atoms with Gasteiger partial charge in [-0.3, -0.25) is 9.59 Å². The summed E-state index contributed by atoms with van der Waals surface area (Å²) in [6.07, 6.45) is 9.23. The van der Waals surface area contributed by atoms with Gasteiger partial charge in [0, 0.05) is 25.6 Å². The van der Waals surface area contributed by atoms with Crippen LogP contribution in [0.2, 0.25) is 0 Å². The van der Waals surface area contributed by atoms with Crippen LogP contribution in [0.25, 0.3) is 0 Å². The minimum atomic E-state index is -0.314. The van der Waals surface area contributed by atoms with E-state index in [-0.39, 0.29) is 11.3 Å². The van der Waals surface area contributed by atoms with Crippen LogP contribution in [-0.4, -0.2) is 35.8 Å². The highest BCUT2D eigenvalue weighted by Gasteiger charge is 2.45. The molecule has 1 saturated heterocycles. The van der Waals surface area contributed by atoms with Crippen LogP contribution in [0.1, 0.15) is 70.3 Å². The fourth-order valence-electron chi connectivity index (χ4n) is 5.29. The van der Waals surface area contributed by atoms with E-state index in [2.05, 4.69) is 41.4 Å².